The molecule has 10 nitrogen and oxygen atoms in total. The van der Waals surface area contributed by atoms with Gasteiger partial charge in [0, 0.05) is 37.4 Å². The number of benzene rings is 2. The van der Waals surface area contributed by atoms with Gasteiger partial charge in [0.1, 0.15) is 12.4 Å². The molecule has 1 aliphatic rings. The normalized spacial score (nSPS) is 14.1. The van der Waals surface area contributed by atoms with Gasteiger partial charge in [-0.1, -0.05) is 43.9 Å². The van der Waals surface area contributed by atoms with Crippen molar-refractivity contribution in [3.8, 4) is 5.75 Å². The number of nitrogens with one attached hydrogen (secondary N) is 1. The van der Waals surface area contributed by atoms with Crippen molar-refractivity contribution < 1.29 is 39.1 Å². The second-order valence-electron chi connectivity index (χ2n) is 10.7. The molecule has 2 aromatic rings. The topological polar surface area (TPSA) is 138 Å². The van der Waals surface area contributed by atoms with Crippen LogP contribution >= 0.6 is 0 Å². The van der Waals surface area contributed by atoms with E-state index in [0.717, 1.165) is 63.5 Å². The maximum absolute atomic E-state index is 11.8. The highest BCUT2D eigenvalue weighted by Crippen LogP contribution is 2.29. The van der Waals surface area contributed by atoms with E-state index in [-0.39, 0.29) is 18.4 Å². The molecular weight excluding hydrogens is 540 g/mol. The number of aliphatic hydroxyl groups excluding tert-OH is 1. The summed E-state index contributed by atoms with van der Waals surface area (Å²) in [5.41, 5.74) is 2.78. The third-order valence-corrected chi connectivity index (χ3v) is 7.37. The van der Waals surface area contributed by atoms with E-state index in [0.29, 0.717) is 49.8 Å². The summed E-state index contributed by atoms with van der Waals surface area (Å²) in [5.74, 6) is -0.398. The van der Waals surface area contributed by atoms with Gasteiger partial charge in [-0.05, 0) is 67.6 Å². The van der Waals surface area contributed by atoms with Crippen LogP contribution in [-0.4, -0.2) is 66.3 Å². The highest BCUT2D eigenvalue weighted by molar-refractivity contribution is 5.86. The van der Waals surface area contributed by atoms with Crippen molar-refractivity contribution in [2.75, 3.05) is 37.8 Å². The van der Waals surface area contributed by atoms with E-state index in [1.807, 2.05) is 24.3 Å². The lowest BCUT2D eigenvalue weighted by Gasteiger charge is -2.26. The van der Waals surface area contributed by atoms with Crippen LogP contribution in [0.3, 0.4) is 0 Å². The van der Waals surface area contributed by atoms with E-state index in [1.165, 1.54) is 17.9 Å². The number of carbonyl (C=O) groups excluding carboxylic acids is 1. The summed E-state index contributed by atoms with van der Waals surface area (Å²) in [7, 11) is 0. The predicted molar refractivity (Wildman–Crippen MR) is 160 cm³/mol. The number of aromatic hydroxyl groups is 1. The Balaban J connectivity index is 1.19. The first-order chi connectivity index (χ1) is 20.3. The summed E-state index contributed by atoms with van der Waals surface area (Å²) in [4.78, 5) is 24.4. The molecule has 0 aliphatic heterocycles. The molecule has 0 aromatic heterocycles. The van der Waals surface area contributed by atoms with Gasteiger partial charge in [-0.15, -0.1) is 0 Å². The Morgan fingerprint density at radius 1 is 0.976 bits per heavy atom. The number of anilines is 1. The van der Waals surface area contributed by atoms with E-state index in [2.05, 4.69) is 5.32 Å². The van der Waals surface area contributed by atoms with E-state index in [1.54, 1.807) is 12.1 Å². The third-order valence-electron chi connectivity index (χ3n) is 7.37. The molecule has 0 saturated heterocycles. The molecule has 10 heteroatoms. The van der Waals surface area contributed by atoms with Crippen molar-refractivity contribution in [2.45, 2.75) is 83.6 Å². The standard InChI is InChI=1S/C32H46N2O8/c1-24(35)42-23-27-20-26(13-14-30(27)36)31(37)21-33-15-6-2-3-7-16-40-17-18-41-22-25-9-8-12-29(19-25)34(32(38)39)28-10-4-5-11-28/h8-9,12-14,19-20,28,31,33,36-37H,2-7,10-11,15-18,21-23H2,1H3,(H,38,39)/t31-/m0/s1. The Hall–Kier alpha value is -3.18. The summed E-state index contributed by atoms with van der Waals surface area (Å²) >= 11 is 0. The highest BCUT2D eigenvalue weighted by atomic mass is 16.5. The molecule has 1 aliphatic carbocycles. The van der Waals surface area contributed by atoms with Gasteiger partial charge >= 0.3 is 12.1 Å². The van der Waals surface area contributed by atoms with Crippen LogP contribution < -0.4 is 10.2 Å². The molecule has 0 unspecified atom stereocenters. The zero-order chi connectivity index (χ0) is 30.2. The van der Waals surface area contributed by atoms with Gasteiger partial charge in [-0.2, -0.15) is 0 Å². The van der Waals surface area contributed by atoms with E-state index in [9.17, 15) is 24.9 Å². The summed E-state index contributed by atoms with van der Waals surface area (Å²) < 4.78 is 16.4. The number of carboxylic acid groups (broad SMARTS) is 1. The first kappa shape index (κ1) is 33.3. The van der Waals surface area contributed by atoms with Crippen LogP contribution in [0, 0.1) is 0 Å². The summed E-state index contributed by atoms with van der Waals surface area (Å²) in [6.07, 6.45) is 6.42. The van der Waals surface area contributed by atoms with Gasteiger partial charge in [0.25, 0.3) is 0 Å². The number of unbranched alkanes of at least 4 members (excludes halogenated alkanes) is 3. The van der Waals surface area contributed by atoms with Crippen molar-refractivity contribution in [3.63, 3.8) is 0 Å². The fraction of sp³-hybridized carbons (Fsp3) is 0.562. The summed E-state index contributed by atoms with van der Waals surface area (Å²) in [6.45, 7) is 4.55. The molecule has 0 radical (unpaired) electrons. The first-order valence-corrected chi connectivity index (χ1v) is 15.0. The average molecular weight is 587 g/mol. The number of amides is 1. The Labute approximate surface area is 248 Å². The molecule has 0 bridgehead atoms. The molecule has 2 aromatic carbocycles. The van der Waals surface area contributed by atoms with Gasteiger partial charge < -0.3 is 34.8 Å². The van der Waals surface area contributed by atoms with Gasteiger partial charge in [0.05, 0.1) is 25.9 Å². The third kappa shape index (κ3) is 11.6. The molecule has 0 spiro atoms. The summed E-state index contributed by atoms with van der Waals surface area (Å²) in [5, 5.41) is 33.3. The lowest BCUT2D eigenvalue weighted by atomic mass is 10.1. The van der Waals surface area contributed by atoms with Gasteiger partial charge in [0.15, 0.2) is 0 Å². The van der Waals surface area contributed by atoms with Crippen LogP contribution in [0.2, 0.25) is 0 Å². The fourth-order valence-electron chi connectivity index (χ4n) is 5.12. The maximum atomic E-state index is 11.8. The lowest BCUT2D eigenvalue weighted by Crippen LogP contribution is -2.37. The predicted octanol–water partition coefficient (Wildman–Crippen LogP) is 5.30. The van der Waals surface area contributed by atoms with Crippen molar-refractivity contribution >= 4 is 17.7 Å². The smallest absolute Gasteiger partial charge is 0.412 e. The van der Waals surface area contributed by atoms with Gasteiger partial charge in [0.2, 0.25) is 0 Å². The molecule has 1 saturated carbocycles. The van der Waals surface area contributed by atoms with Crippen LogP contribution in [0.1, 0.15) is 81.1 Å². The molecule has 232 valence electrons. The number of nitrogens with zero attached hydrogens (tertiary/aromatic N) is 1. The Kier molecular flexibility index (Phi) is 14.6. The highest BCUT2D eigenvalue weighted by Gasteiger charge is 2.27. The minimum absolute atomic E-state index is 0.0303. The maximum Gasteiger partial charge on any atom is 0.412 e. The number of rotatable bonds is 19. The van der Waals surface area contributed by atoms with Crippen molar-refractivity contribution in [1.29, 1.82) is 0 Å². The van der Waals surface area contributed by atoms with Crippen LogP contribution in [0.15, 0.2) is 42.5 Å². The van der Waals surface area contributed by atoms with Crippen LogP contribution in [0.25, 0.3) is 0 Å². The van der Waals surface area contributed by atoms with E-state index < -0.39 is 18.2 Å². The second-order valence-corrected chi connectivity index (χ2v) is 10.7. The number of ether oxygens (including phenoxy) is 3. The Morgan fingerprint density at radius 3 is 2.50 bits per heavy atom. The van der Waals surface area contributed by atoms with Crippen LogP contribution in [0.4, 0.5) is 10.5 Å². The van der Waals surface area contributed by atoms with Crippen molar-refractivity contribution in [3.05, 3.63) is 59.2 Å². The number of phenols is 1. The molecule has 3 rings (SSSR count). The van der Waals surface area contributed by atoms with E-state index >= 15 is 0 Å². The van der Waals surface area contributed by atoms with Gasteiger partial charge in [-0.25, -0.2) is 4.79 Å². The van der Waals surface area contributed by atoms with Crippen molar-refractivity contribution in [1.82, 2.24) is 5.32 Å². The monoisotopic (exact) mass is 586 g/mol. The fourth-order valence-corrected chi connectivity index (χ4v) is 5.12. The lowest BCUT2D eigenvalue weighted by molar-refractivity contribution is -0.142. The molecule has 1 amide bonds. The number of hydrogen-bond donors (Lipinski definition) is 4. The van der Waals surface area contributed by atoms with Crippen LogP contribution in [0.5, 0.6) is 5.75 Å². The Bertz CT molecular complexity index is 1110. The molecule has 4 N–H and O–H groups in total. The van der Waals surface area contributed by atoms with Crippen LogP contribution in [-0.2, 0) is 32.2 Å². The number of carbonyl (C=O) groups is 2. The number of aliphatic hydroxyl groups is 1. The molecule has 1 atom stereocenters. The number of phenolic OH excluding ortho intramolecular Hbond substituents is 1. The molecule has 1 fully saturated rings. The zero-order valence-corrected chi connectivity index (χ0v) is 24.6. The first-order valence-electron chi connectivity index (χ1n) is 15.0. The number of hydrogen-bond acceptors (Lipinski definition) is 8. The number of esters is 1. The average Bonchev–Trinajstić information content (AvgIpc) is 3.49. The molecule has 42 heavy (non-hydrogen) atoms. The Morgan fingerprint density at radius 2 is 1.74 bits per heavy atom. The summed E-state index contributed by atoms with van der Waals surface area (Å²) in [6, 6.07) is 12.5. The largest absolute Gasteiger partial charge is 0.508 e. The SMILES string of the molecule is CC(=O)OCc1cc([C@@H](O)CNCCCCCCOCCOCc2cccc(N(C(=O)O)C3CCCC3)c2)ccc1O. The minimum atomic E-state index is -0.900. The quantitative estimate of drug-likeness (QED) is 0.128. The van der Waals surface area contributed by atoms with Gasteiger partial charge in [-0.3, -0.25) is 9.69 Å². The van der Waals surface area contributed by atoms with Crippen molar-refractivity contribution in [2.24, 2.45) is 0 Å². The second kappa shape index (κ2) is 18.4. The molecule has 0 heterocycles. The van der Waals surface area contributed by atoms with E-state index in [4.69, 9.17) is 14.2 Å². The minimum Gasteiger partial charge on any atom is -0.508 e. The molecular formula is C32H46N2O8. The zero-order valence-electron chi connectivity index (χ0n) is 24.6.